The molecule has 1 aromatic carbocycles. The molecule has 1 heterocycles. The Labute approximate surface area is 142 Å². The molecule has 1 aromatic rings. The van der Waals surface area contributed by atoms with Gasteiger partial charge < -0.3 is 10.6 Å². The third-order valence-electron chi connectivity index (χ3n) is 3.85. The molecule has 2 rings (SSSR count). The van der Waals surface area contributed by atoms with Crippen molar-refractivity contribution in [3.8, 4) is 0 Å². The summed E-state index contributed by atoms with van der Waals surface area (Å²) >= 11 is 1.11. The first-order valence-corrected chi connectivity index (χ1v) is 8.60. The molecule has 0 unspecified atom stereocenters. The number of anilines is 1. The fourth-order valence-electron chi connectivity index (χ4n) is 2.41. The molecule has 0 bridgehead atoms. The molecule has 24 heavy (non-hydrogen) atoms. The van der Waals surface area contributed by atoms with E-state index in [2.05, 4.69) is 10.6 Å². The smallest absolute Gasteiger partial charge is 0.353 e. The Bertz CT molecular complexity index is 630. The molecule has 0 fully saturated rings. The number of fused-ring (bicyclic) bond motifs is 1. The quantitative estimate of drug-likeness (QED) is 0.839. The second-order valence-electron chi connectivity index (χ2n) is 5.59. The number of nitrogens with one attached hydrogen (secondary N) is 2. The van der Waals surface area contributed by atoms with Gasteiger partial charge in [-0.3, -0.25) is 9.59 Å². The highest BCUT2D eigenvalue weighted by Gasteiger charge is 2.34. The maximum Gasteiger partial charge on any atom is 0.416 e. The molecule has 0 spiro atoms. The molecule has 2 amide bonds. The van der Waals surface area contributed by atoms with E-state index >= 15 is 0 Å². The van der Waals surface area contributed by atoms with E-state index in [4.69, 9.17) is 0 Å². The van der Waals surface area contributed by atoms with Crippen molar-refractivity contribution in [3.63, 3.8) is 0 Å². The summed E-state index contributed by atoms with van der Waals surface area (Å²) in [6, 6.07) is 3.29. The standard InChI is InChI=1S/C16H19F3N2O2S/c1-3-10(4-2)20-14(22)8-13-15(23)21-11-7-9(16(17,18)19)5-6-12(11)24-13/h5-7,10,13H,3-4,8H2,1-2H3,(H,20,22)(H,21,23)/t13-/m1/s1. The predicted octanol–water partition coefficient (Wildman–Crippen LogP) is 3.81. The summed E-state index contributed by atoms with van der Waals surface area (Å²) in [6.45, 7) is 3.93. The van der Waals surface area contributed by atoms with E-state index in [-0.39, 0.29) is 24.1 Å². The third kappa shape index (κ3) is 4.43. The molecule has 0 saturated carbocycles. The number of carbonyl (C=O) groups is 2. The van der Waals surface area contributed by atoms with Crippen molar-refractivity contribution in [3.05, 3.63) is 23.8 Å². The zero-order valence-electron chi connectivity index (χ0n) is 13.4. The van der Waals surface area contributed by atoms with Gasteiger partial charge in [-0.15, -0.1) is 11.8 Å². The van der Waals surface area contributed by atoms with Crippen molar-refractivity contribution < 1.29 is 22.8 Å². The minimum atomic E-state index is -4.46. The highest BCUT2D eigenvalue weighted by Crippen LogP contribution is 2.40. The van der Waals surface area contributed by atoms with Gasteiger partial charge in [0.1, 0.15) is 0 Å². The van der Waals surface area contributed by atoms with E-state index in [0.717, 1.165) is 36.7 Å². The fraction of sp³-hybridized carbons (Fsp3) is 0.500. The molecule has 0 radical (unpaired) electrons. The molecule has 1 aliphatic rings. The van der Waals surface area contributed by atoms with Crippen LogP contribution in [-0.2, 0) is 15.8 Å². The van der Waals surface area contributed by atoms with Gasteiger partial charge in [0.2, 0.25) is 11.8 Å². The first-order valence-electron chi connectivity index (χ1n) is 7.72. The summed E-state index contributed by atoms with van der Waals surface area (Å²) in [5.74, 6) is -0.682. The van der Waals surface area contributed by atoms with Crippen molar-refractivity contribution >= 4 is 29.3 Å². The lowest BCUT2D eigenvalue weighted by Crippen LogP contribution is -2.39. The van der Waals surface area contributed by atoms with Gasteiger partial charge in [-0.1, -0.05) is 13.8 Å². The molecule has 2 N–H and O–H groups in total. The molecule has 132 valence electrons. The lowest BCUT2D eigenvalue weighted by Gasteiger charge is -2.25. The minimum absolute atomic E-state index is 0.00649. The maximum atomic E-state index is 12.7. The average molecular weight is 360 g/mol. The zero-order chi connectivity index (χ0) is 17.9. The van der Waals surface area contributed by atoms with Gasteiger partial charge in [0, 0.05) is 17.4 Å². The van der Waals surface area contributed by atoms with E-state index in [1.54, 1.807) is 0 Å². The van der Waals surface area contributed by atoms with Gasteiger partial charge in [-0.2, -0.15) is 13.2 Å². The third-order valence-corrected chi connectivity index (χ3v) is 5.12. The first-order chi connectivity index (χ1) is 11.2. The van der Waals surface area contributed by atoms with Gasteiger partial charge in [-0.25, -0.2) is 0 Å². The Balaban J connectivity index is 2.07. The van der Waals surface area contributed by atoms with Gasteiger partial charge in [-0.05, 0) is 31.0 Å². The van der Waals surface area contributed by atoms with Crippen LogP contribution in [0.15, 0.2) is 23.1 Å². The highest BCUT2D eigenvalue weighted by atomic mass is 32.2. The number of carbonyl (C=O) groups excluding carboxylic acids is 2. The van der Waals surface area contributed by atoms with Crippen molar-refractivity contribution in [2.24, 2.45) is 0 Å². The van der Waals surface area contributed by atoms with Gasteiger partial charge >= 0.3 is 6.18 Å². The second kappa shape index (κ2) is 7.46. The molecule has 0 aliphatic carbocycles. The predicted molar refractivity (Wildman–Crippen MR) is 86.8 cm³/mol. The number of benzene rings is 1. The van der Waals surface area contributed by atoms with Crippen molar-refractivity contribution in [2.75, 3.05) is 5.32 Å². The van der Waals surface area contributed by atoms with E-state index < -0.39 is 22.9 Å². The normalized spacial score (nSPS) is 17.4. The Morgan fingerprint density at radius 1 is 1.33 bits per heavy atom. The molecular weight excluding hydrogens is 341 g/mol. The lowest BCUT2D eigenvalue weighted by molar-refractivity contribution is -0.137. The van der Waals surface area contributed by atoms with Crippen LogP contribution in [0.25, 0.3) is 0 Å². The van der Waals surface area contributed by atoms with E-state index in [0.29, 0.717) is 4.90 Å². The molecule has 1 atom stereocenters. The Hall–Kier alpha value is -1.70. The number of thioether (sulfide) groups is 1. The largest absolute Gasteiger partial charge is 0.416 e. The van der Waals surface area contributed by atoms with Gasteiger partial charge in [0.25, 0.3) is 0 Å². The number of rotatable bonds is 5. The van der Waals surface area contributed by atoms with E-state index in [1.807, 2.05) is 13.8 Å². The molecule has 8 heteroatoms. The van der Waals surface area contributed by atoms with E-state index in [1.165, 1.54) is 6.07 Å². The second-order valence-corrected chi connectivity index (χ2v) is 6.83. The number of alkyl halides is 3. The number of amides is 2. The molecule has 0 saturated heterocycles. The average Bonchev–Trinajstić information content (AvgIpc) is 2.52. The maximum absolute atomic E-state index is 12.7. The Kier molecular flexibility index (Phi) is 5.79. The van der Waals surface area contributed by atoms with Crippen LogP contribution < -0.4 is 10.6 Å². The summed E-state index contributed by atoms with van der Waals surface area (Å²) in [6.07, 6.45) is -2.87. The summed E-state index contributed by atoms with van der Waals surface area (Å²) < 4.78 is 38.2. The first kappa shape index (κ1) is 18.6. The molecule has 4 nitrogen and oxygen atoms in total. The SMILES string of the molecule is CCC(CC)NC(=O)C[C@H]1Sc2ccc(C(F)(F)F)cc2NC1=O. The van der Waals surface area contributed by atoms with Gasteiger partial charge in [0.05, 0.1) is 16.5 Å². The Morgan fingerprint density at radius 2 is 2.00 bits per heavy atom. The van der Waals surface area contributed by atoms with Gasteiger partial charge in [0.15, 0.2) is 0 Å². The van der Waals surface area contributed by atoms with Crippen LogP contribution in [0.5, 0.6) is 0 Å². The summed E-state index contributed by atoms with van der Waals surface area (Å²) in [7, 11) is 0. The summed E-state index contributed by atoms with van der Waals surface area (Å²) in [5, 5.41) is 4.68. The highest BCUT2D eigenvalue weighted by molar-refractivity contribution is 8.01. The lowest BCUT2D eigenvalue weighted by atomic mass is 10.1. The van der Waals surface area contributed by atoms with Crippen LogP contribution in [0.3, 0.4) is 0 Å². The number of hydrogen-bond donors (Lipinski definition) is 2. The monoisotopic (exact) mass is 360 g/mol. The van der Waals surface area contributed by atoms with Crippen LogP contribution in [-0.4, -0.2) is 23.1 Å². The van der Waals surface area contributed by atoms with Crippen LogP contribution in [0, 0.1) is 0 Å². The van der Waals surface area contributed by atoms with Crippen LogP contribution in [0.4, 0.5) is 18.9 Å². The fourth-order valence-corrected chi connectivity index (χ4v) is 3.50. The number of hydrogen-bond acceptors (Lipinski definition) is 3. The van der Waals surface area contributed by atoms with Crippen LogP contribution >= 0.6 is 11.8 Å². The molecule has 1 aliphatic heterocycles. The van der Waals surface area contributed by atoms with Crippen LogP contribution in [0.1, 0.15) is 38.7 Å². The Morgan fingerprint density at radius 3 is 2.58 bits per heavy atom. The number of halogens is 3. The molecular formula is C16H19F3N2O2S. The summed E-state index contributed by atoms with van der Waals surface area (Å²) in [4.78, 5) is 24.6. The van der Waals surface area contributed by atoms with Crippen molar-refractivity contribution in [1.82, 2.24) is 5.32 Å². The zero-order valence-corrected chi connectivity index (χ0v) is 14.2. The van der Waals surface area contributed by atoms with E-state index in [9.17, 15) is 22.8 Å². The van der Waals surface area contributed by atoms with Crippen molar-refractivity contribution in [1.29, 1.82) is 0 Å². The summed E-state index contributed by atoms with van der Waals surface area (Å²) in [5.41, 5.74) is -0.677. The van der Waals surface area contributed by atoms with Crippen LogP contribution in [0.2, 0.25) is 0 Å². The minimum Gasteiger partial charge on any atom is -0.353 e. The van der Waals surface area contributed by atoms with Crippen molar-refractivity contribution in [2.45, 2.75) is 55.5 Å². The molecule has 0 aromatic heterocycles. The topological polar surface area (TPSA) is 58.2 Å².